The van der Waals surface area contributed by atoms with Crippen LogP contribution in [0.1, 0.15) is 23.4 Å². The molecule has 1 fully saturated rings. The zero-order valence-electron chi connectivity index (χ0n) is 10.6. The number of furan rings is 1. The molecule has 0 aromatic carbocycles. The minimum absolute atomic E-state index is 0.00757. The van der Waals surface area contributed by atoms with Gasteiger partial charge in [0, 0.05) is 12.6 Å². The molecule has 7 nitrogen and oxygen atoms in total. The molecule has 0 bridgehead atoms. The predicted molar refractivity (Wildman–Crippen MR) is 68.3 cm³/mol. The fourth-order valence-corrected chi connectivity index (χ4v) is 2.57. The lowest BCUT2D eigenvalue weighted by Crippen LogP contribution is -2.37. The van der Waals surface area contributed by atoms with Gasteiger partial charge in [-0.15, -0.1) is 0 Å². The van der Waals surface area contributed by atoms with E-state index in [4.69, 9.17) is 4.42 Å². The van der Waals surface area contributed by atoms with E-state index in [2.05, 4.69) is 15.4 Å². The molecule has 1 aliphatic heterocycles. The van der Waals surface area contributed by atoms with E-state index in [1.54, 1.807) is 0 Å². The quantitative estimate of drug-likeness (QED) is 0.688. The lowest BCUT2D eigenvalue weighted by molar-refractivity contribution is 0.0917. The first-order chi connectivity index (χ1) is 9.03. The van der Waals surface area contributed by atoms with Crippen LogP contribution in [0.3, 0.4) is 0 Å². The molecule has 1 aromatic heterocycles. The molecule has 0 saturated carbocycles. The Hall–Kier alpha value is -1.38. The lowest BCUT2D eigenvalue weighted by atomic mass is 10.2. The highest BCUT2D eigenvalue weighted by Gasteiger charge is 2.20. The molecule has 1 amide bonds. The maximum absolute atomic E-state index is 11.8. The number of hydrogen-bond acceptors (Lipinski definition) is 5. The van der Waals surface area contributed by atoms with E-state index in [1.165, 1.54) is 19.2 Å². The van der Waals surface area contributed by atoms with Crippen LogP contribution < -0.4 is 15.4 Å². The van der Waals surface area contributed by atoms with Gasteiger partial charge in [-0.3, -0.25) is 4.79 Å². The van der Waals surface area contributed by atoms with Crippen molar-refractivity contribution in [1.29, 1.82) is 0 Å². The number of amides is 1. The monoisotopic (exact) mass is 287 g/mol. The van der Waals surface area contributed by atoms with E-state index < -0.39 is 15.9 Å². The normalized spacial score (nSPS) is 19.5. The summed E-state index contributed by atoms with van der Waals surface area (Å²) in [5.74, 6) is -0.418. The van der Waals surface area contributed by atoms with Gasteiger partial charge in [-0.05, 0) is 38.6 Å². The van der Waals surface area contributed by atoms with Gasteiger partial charge < -0.3 is 15.1 Å². The van der Waals surface area contributed by atoms with Gasteiger partial charge in [0.2, 0.25) is 5.09 Å². The van der Waals surface area contributed by atoms with E-state index in [9.17, 15) is 13.2 Å². The van der Waals surface area contributed by atoms with Crippen molar-refractivity contribution in [1.82, 2.24) is 15.4 Å². The number of hydrogen-bond donors (Lipinski definition) is 3. The molecule has 1 atom stereocenters. The standard InChI is InChI=1S/C11H17N3O4S/c1-12-19(16,17)10-5-4-9(18-10)11(15)14-7-8-3-2-6-13-8/h4-5,8,12-13H,2-3,6-7H2,1H3,(H,14,15). The molecule has 2 heterocycles. The van der Waals surface area contributed by atoms with E-state index >= 15 is 0 Å². The van der Waals surface area contributed by atoms with Crippen LogP contribution >= 0.6 is 0 Å². The molecule has 0 spiro atoms. The van der Waals surface area contributed by atoms with Crippen LogP contribution in [-0.2, 0) is 10.0 Å². The Balaban J connectivity index is 1.96. The molecule has 1 aromatic rings. The second-order valence-corrected chi connectivity index (χ2v) is 6.15. The first-order valence-corrected chi connectivity index (χ1v) is 7.56. The van der Waals surface area contributed by atoms with Gasteiger partial charge >= 0.3 is 0 Å². The van der Waals surface area contributed by atoms with Crippen LogP contribution in [0.2, 0.25) is 0 Å². The molecule has 19 heavy (non-hydrogen) atoms. The summed E-state index contributed by atoms with van der Waals surface area (Å²) in [6, 6.07) is 2.88. The van der Waals surface area contributed by atoms with Gasteiger partial charge in [-0.1, -0.05) is 0 Å². The van der Waals surface area contributed by atoms with Crippen molar-refractivity contribution in [2.45, 2.75) is 24.0 Å². The minimum Gasteiger partial charge on any atom is -0.438 e. The zero-order valence-corrected chi connectivity index (χ0v) is 11.4. The van der Waals surface area contributed by atoms with Crippen molar-refractivity contribution in [3.05, 3.63) is 17.9 Å². The smallest absolute Gasteiger partial charge is 0.287 e. The van der Waals surface area contributed by atoms with Crippen molar-refractivity contribution >= 4 is 15.9 Å². The maximum atomic E-state index is 11.8. The van der Waals surface area contributed by atoms with Gasteiger partial charge in [0.25, 0.3) is 15.9 Å². The Bertz CT molecular complexity index is 546. The summed E-state index contributed by atoms with van der Waals surface area (Å²) in [5, 5.41) is 5.70. The Labute approximate surface area is 111 Å². The molecule has 1 unspecified atom stereocenters. The molecule has 1 aliphatic rings. The van der Waals surface area contributed by atoms with E-state index in [1.807, 2.05) is 0 Å². The lowest BCUT2D eigenvalue weighted by Gasteiger charge is -2.10. The minimum atomic E-state index is -3.65. The zero-order chi connectivity index (χ0) is 13.9. The van der Waals surface area contributed by atoms with Crippen molar-refractivity contribution in [3.8, 4) is 0 Å². The Kier molecular flexibility index (Phi) is 4.23. The third-order valence-corrected chi connectivity index (χ3v) is 4.30. The third-order valence-electron chi connectivity index (χ3n) is 3.01. The summed E-state index contributed by atoms with van der Waals surface area (Å²) in [6.07, 6.45) is 2.13. The highest BCUT2D eigenvalue weighted by Crippen LogP contribution is 2.13. The third kappa shape index (κ3) is 3.34. The fourth-order valence-electron chi connectivity index (χ4n) is 1.92. The first-order valence-electron chi connectivity index (χ1n) is 6.08. The molecule has 0 radical (unpaired) electrons. The molecular formula is C11H17N3O4S. The number of nitrogens with one attached hydrogen (secondary N) is 3. The number of carbonyl (C=O) groups excluding carboxylic acids is 1. The highest BCUT2D eigenvalue weighted by molar-refractivity contribution is 7.89. The van der Waals surface area contributed by atoms with Crippen molar-refractivity contribution in [2.24, 2.45) is 0 Å². The van der Waals surface area contributed by atoms with Crippen molar-refractivity contribution in [3.63, 3.8) is 0 Å². The molecule has 2 rings (SSSR count). The Morgan fingerprint density at radius 3 is 2.95 bits per heavy atom. The second kappa shape index (κ2) is 5.72. The number of carbonyl (C=O) groups is 1. The van der Waals surface area contributed by atoms with Gasteiger partial charge in [-0.2, -0.15) is 0 Å². The van der Waals surface area contributed by atoms with Crippen LogP contribution in [0.4, 0.5) is 0 Å². The maximum Gasteiger partial charge on any atom is 0.287 e. The second-order valence-electron chi connectivity index (χ2n) is 4.33. The molecule has 3 N–H and O–H groups in total. The largest absolute Gasteiger partial charge is 0.438 e. The van der Waals surface area contributed by atoms with E-state index in [0.717, 1.165) is 19.4 Å². The van der Waals surface area contributed by atoms with Gasteiger partial charge in [0.1, 0.15) is 0 Å². The van der Waals surface area contributed by atoms with Crippen molar-refractivity contribution in [2.75, 3.05) is 20.1 Å². The SMILES string of the molecule is CNS(=O)(=O)c1ccc(C(=O)NCC2CCCN2)o1. The summed E-state index contributed by atoms with van der Waals surface area (Å²) in [6.45, 7) is 1.47. The molecule has 1 saturated heterocycles. The summed E-state index contributed by atoms with van der Waals surface area (Å²) in [4.78, 5) is 11.8. The van der Waals surface area contributed by atoms with Crippen LogP contribution in [0.25, 0.3) is 0 Å². The fraction of sp³-hybridized carbons (Fsp3) is 0.545. The number of rotatable bonds is 5. The van der Waals surface area contributed by atoms with Crippen LogP contribution in [0.15, 0.2) is 21.6 Å². The van der Waals surface area contributed by atoms with E-state index in [0.29, 0.717) is 6.54 Å². The predicted octanol–water partition coefficient (Wildman–Crippen LogP) is -0.330. The Morgan fingerprint density at radius 2 is 2.32 bits per heavy atom. The van der Waals surface area contributed by atoms with Crippen LogP contribution in [-0.4, -0.2) is 40.5 Å². The van der Waals surface area contributed by atoms with Crippen LogP contribution in [0.5, 0.6) is 0 Å². The summed E-state index contributed by atoms with van der Waals surface area (Å²) in [5.41, 5.74) is 0. The van der Waals surface area contributed by atoms with Gasteiger partial charge in [0.05, 0.1) is 0 Å². The van der Waals surface area contributed by atoms with Gasteiger partial charge in [0.15, 0.2) is 5.76 Å². The molecule has 0 aliphatic carbocycles. The summed E-state index contributed by atoms with van der Waals surface area (Å²) in [7, 11) is -2.37. The van der Waals surface area contributed by atoms with Crippen molar-refractivity contribution < 1.29 is 17.6 Å². The highest BCUT2D eigenvalue weighted by atomic mass is 32.2. The Morgan fingerprint density at radius 1 is 1.53 bits per heavy atom. The molecular weight excluding hydrogens is 270 g/mol. The van der Waals surface area contributed by atoms with Gasteiger partial charge in [-0.25, -0.2) is 13.1 Å². The summed E-state index contributed by atoms with van der Waals surface area (Å²) >= 11 is 0. The van der Waals surface area contributed by atoms with Crippen LogP contribution in [0, 0.1) is 0 Å². The molecule has 106 valence electrons. The summed E-state index contributed by atoms with van der Waals surface area (Å²) < 4.78 is 30.1. The average molecular weight is 287 g/mol. The average Bonchev–Trinajstić information content (AvgIpc) is 3.07. The number of sulfonamides is 1. The van der Waals surface area contributed by atoms with E-state index in [-0.39, 0.29) is 16.9 Å². The molecule has 8 heteroatoms. The topological polar surface area (TPSA) is 100 Å². The first kappa shape index (κ1) is 14.0.